The molecular weight excluding hydrogens is 402 g/mol. The van der Waals surface area contributed by atoms with Gasteiger partial charge in [0.1, 0.15) is 12.7 Å². The van der Waals surface area contributed by atoms with Crippen LogP contribution in [0, 0.1) is 0 Å². The molecule has 2 N–H and O–H groups in total. The van der Waals surface area contributed by atoms with Crippen LogP contribution in [0.1, 0.15) is 24.2 Å². The summed E-state index contributed by atoms with van der Waals surface area (Å²) in [4.78, 5) is 24.2. The van der Waals surface area contributed by atoms with Crippen molar-refractivity contribution < 1.29 is 24.2 Å². The second kappa shape index (κ2) is 9.94. The van der Waals surface area contributed by atoms with E-state index in [9.17, 15) is 14.7 Å². The molecule has 2 atom stereocenters. The number of carbonyl (C=O) groups is 2. The molecule has 0 fully saturated rings. The molecule has 0 saturated heterocycles. The Balaban J connectivity index is 2.05. The maximum absolute atomic E-state index is 12.2. The molecule has 0 spiro atoms. The van der Waals surface area contributed by atoms with Crippen molar-refractivity contribution in [2.75, 3.05) is 6.61 Å². The van der Waals surface area contributed by atoms with Crippen molar-refractivity contribution in [1.82, 2.24) is 5.32 Å². The average Bonchev–Trinajstić information content (AvgIpc) is 2.65. The summed E-state index contributed by atoms with van der Waals surface area (Å²) in [6, 6.07) is 14.6. The summed E-state index contributed by atoms with van der Waals surface area (Å²) in [5.74, 6) is -0.737. The van der Waals surface area contributed by atoms with Gasteiger partial charge >= 0.3 is 12.1 Å². The third kappa shape index (κ3) is 5.86. The summed E-state index contributed by atoms with van der Waals surface area (Å²) in [5, 5.41) is 12.9. The molecule has 6 nitrogen and oxygen atoms in total. The maximum atomic E-state index is 12.2. The summed E-state index contributed by atoms with van der Waals surface area (Å²) in [5.41, 5.74) is 1.28. The average molecular weight is 422 g/mol. The highest BCUT2D eigenvalue weighted by Crippen LogP contribution is 2.21. The third-order valence-electron chi connectivity index (χ3n) is 3.55. The highest BCUT2D eigenvalue weighted by Gasteiger charge is 2.31. The number of aliphatic hydroxyl groups is 1. The Bertz CT molecular complexity index is 720. The zero-order chi connectivity index (χ0) is 18.9. The van der Waals surface area contributed by atoms with Crippen LogP contribution in [0.4, 0.5) is 4.79 Å². The number of hydrogen-bond acceptors (Lipinski definition) is 5. The van der Waals surface area contributed by atoms with Crippen LogP contribution in [0.25, 0.3) is 0 Å². The molecule has 0 aromatic heterocycles. The zero-order valence-electron chi connectivity index (χ0n) is 14.2. The number of ether oxygens (including phenoxy) is 2. The molecule has 7 heteroatoms. The predicted molar refractivity (Wildman–Crippen MR) is 99.3 cm³/mol. The molecule has 0 aliphatic rings. The number of amides is 1. The van der Waals surface area contributed by atoms with Crippen LogP contribution in [0.5, 0.6) is 0 Å². The summed E-state index contributed by atoms with van der Waals surface area (Å²) >= 11 is 3.31. The first-order chi connectivity index (χ1) is 12.5. The lowest BCUT2D eigenvalue weighted by molar-refractivity contribution is -0.148. The number of nitrogens with one attached hydrogen (secondary N) is 1. The van der Waals surface area contributed by atoms with Crippen molar-refractivity contribution in [3.63, 3.8) is 0 Å². The fourth-order valence-corrected chi connectivity index (χ4v) is 2.51. The van der Waals surface area contributed by atoms with E-state index >= 15 is 0 Å². The van der Waals surface area contributed by atoms with Crippen molar-refractivity contribution in [3.05, 3.63) is 70.2 Å². The van der Waals surface area contributed by atoms with Crippen molar-refractivity contribution >= 4 is 28.0 Å². The molecule has 2 aromatic carbocycles. The van der Waals surface area contributed by atoms with Crippen LogP contribution in [-0.4, -0.2) is 29.8 Å². The van der Waals surface area contributed by atoms with Crippen molar-refractivity contribution in [2.24, 2.45) is 0 Å². The third-order valence-corrected chi connectivity index (χ3v) is 4.08. The number of rotatable bonds is 7. The number of carbonyl (C=O) groups excluding carboxylic acids is 2. The quantitative estimate of drug-likeness (QED) is 0.669. The SMILES string of the molecule is CCOC(=O)[C@@H](NC(=O)OCc1ccccc1)[C@H](O)c1ccc(Br)cc1. The molecule has 0 saturated carbocycles. The molecule has 0 aliphatic heterocycles. The minimum Gasteiger partial charge on any atom is -0.464 e. The normalized spacial score (nSPS) is 12.7. The molecule has 138 valence electrons. The first kappa shape index (κ1) is 19.9. The van der Waals surface area contributed by atoms with Crippen LogP contribution in [0.2, 0.25) is 0 Å². The van der Waals surface area contributed by atoms with Crippen LogP contribution in [0.15, 0.2) is 59.1 Å². The van der Waals surface area contributed by atoms with Crippen LogP contribution < -0.4 is 5.32 Å². The van der Waals surface area contributed by atoms with Crippen LogP contribution in [0.3, 0.4) is 0 Å². The Hall–Kier alpha value is -2.38. The molecule has 0 radical (unpaired) electrons. The largest absolute Gasteiger partial charge is 0.464 e. The minimum atomic E-state index is -1.28. The molecule has 26 heavy (non-hydrogen) atoms. The Labute approximate surface area is 160 Å². The number of halogens is 1. The molecule has 0 unspecified atom stereocenters. The fraction of sp³-hybridized carbons (Fsp3) is 0.263. The number of esters is 1. The van der Waals surface area contributed by atoms with Crippen molar-refractivity contribution in [1.29, 1.82) is 0 Å². The molecule has 2 rings (SSSR count). The molecule has 0 bridgehead atoms. The lowest BCUT2D eigenvalue weighted by Crippen LogP contribution is -2.46. The topological polar surface area (TPSA) is 84.9 Å². The Kier molecular flexibility index (Phi) is 7.62. The molecular formula is C19H20BrNO5. The Morgan fingerprint density at radius 3 is 2.35 bits per heavy atom. The molecule has 1 amide bonds. The van der Waals surface area contributed by atoms with E-state index in [2.05, 4.69) is 21.2 Å². The van der Waals surface area contributed by atoms with Gasteiger partial charge in [-0.2, -0.15) is 0 Å². The highest BCUT2D eigenvalue weighted by atomic mass is 79.9. The van der Waals surface area contributed by atoms with Crippen molar-refractivity contribution in [3.8, 4) is 0 Å². The van der Waals surface area contributed by atoms with Gasteiger partial charge in [-0.25, -0.2) is 9.59 Å². The highest BCUT2D eigenvalue weighted by molar-refractivity contribution is 9.10. The zero-order valence-corrected chi connectivity index (χ0v) is 15.8. The van der Waals surface area contributed by atoms with Gasteiger partial charge in [0.25, 0.3) is 0 Å². The van der Waals surface area contributed by atoms with E-state index in [0.29, 0.717) is 5.56 Å². The van der Waals surface area contributed by atoms with Gasteiger partial charge in [0, 0.05) is 4.47 Å². The van der Waals surface area contributed by atoms with Gasteiger partial charge in [0.15, 0.2) is 6.04 Å². The van der Waals surface area contributed by atoms with Crippen LogP contribution >= 0.6 is 15.9 Å². The van der Waals surface area contributed by atoms with E-state index in [0.717, 1.165) is 10.0 Å². The number of aliphatic hydroxyl groups excluding tert-OH is 1. The Morgan fingerprint density at radius 2 is 1.73 bits per heavy atom. The van der Waals surface area contributed by atoms with E-state index in [1.807, 2.05) is 30.3 Å². The summed E-state index contributed by atoms with van der Waals surface area (Å²) < 4.78 is 10.9. The van der Waals surface area contributed by atoms with E-state index < -0.39 is 24.2 Å². The standard InChI is InChI=1S/C19H20BrNO5/c1-2-25-18(23)16(17(22)14-8-10-15(20)11-9-14)21-19(24)26-12-13-6-4-3-5-7-13/h3-11,16-17,22H,2,12H2,1H3,(H,21,24)/t16-,17+/m0/s1. The first-order valence-corrected chi connectivity index (χ1v) is 8.88. The first-order valence-electron chi connectivity index (χ1n) is 8.08. The predicted octanol–water partition coefficient (Wildman–Crippen LogP) is 3.34. The smallest absolute Gasteiger partial charge is 0.408 e. The Morgan fingerprint density at radius 1 is 1.08 bits per heavy atom. The van der Waals surface area contributed by atoms with E-state index in [4.69, 9.17) is 9.47 Å². The van der Waals surface area contributed by atoms with Gasteiger partial charge in [0.05, 0.1) is 6.61 Å². The van der Waals surface area contributed by atoms with Crippen molar-refractivity contribution in [2.45, 2.75) is 25.7 Å². The second-order valence-corrected chi connectivity index (χ2v) is 6.35. The molecule has 2 aromatic rings. The lowest BCUT2D eigenvalue weighted by atomic mass is 10.0. The molecule has 0 heterocycles. The number of hydrogen-bond donors (Lipinski definition) is 2. The van der Waals surface area contributed by atoms with E-state index in [1.54, 1.807) is 31.2 Å². The van der Waals surface area contributed by atoms with Gasteiger partial charge in [-0.05, 0) is 30.2 Å². The second-order valence-electron chi connectivity index (χ2n) is 5.43. The van der Waals surface area contributed by atoms with Gasteiger partial charge < -0.3 is 19.9 Å². The summed E-state index contributed by atoms with van der Waals surface area (Å²) in [7, 11) is 0. The summed E-state index contributed by atoms with van der Waals surface area (Å²) in [6.45, 7) is 1.83. The van der Waals surface area contributed by atoms with Gasteiger partial charge in [-0.1, -0.05) is 58.4 Å². The molecule has 0 aliphatic carbocycles. The maximum Gasteiger partial charge on any atom is 0.408 e. The minimum absolute atomic E-state index is 0.0522. The number of benzene rings is 2. The monoisotopic (exact) mass is 421 g/mol. The van der Waals surface area contributed by atoms with Crippen LogP contribution in [-0.2, 0) is 20.9 Å². The fourth-order valence-electron chi connectivity index (χ4n) is 2.24. The van der Waals surface area contributed by atoms with Gasteiger partial charge in [-0.15, -0.1) is 0 Å². The lowest BCUT2D eigenvalue weighted by Gasteiger charge is -2.22. The van der Waals surface area contributed by atoms with Gasteiger partial charge in [-0.3, -0.25) is 0 Å². The number of alkyl carbamates (subject to hydrolysis) is 1. The van der Waals surface area contributed by atoms with Gasteiger partial charge in [0.2, 0.25) is 0 Å². The van der Waals surface area contributed by atoms with E-state index in [1.165, 1.54) is 0 Å². The summed E-state index contributed by atoms with van der Waals surface area (Å²) in [6.07, 6.45) is -2.09. The van der Waals surface area contributed by atoms with E-state index in [-0.39, 0.29) is 13.2 Å².